The summed E-state index contributed by atoms with van der Waals surface area (Å²) in [5.41, 5.74) is 2.70. The topological polar surface area (TPSA) is 15.3 Å². The van der Waals surface area contributed by atoms with E-state index >= 15 is 0 Å². The number of nitrogens with zero attached hydrogens (tertiary/aromatic N) is 1. The Bertz CT molecular complexity index is 386. The van der Waals surface area contributed by atoms with E-state index in [2.05, 4.69) is 58.2 Å². The summed E-state index contributed by atoms with van der Waals surface area (Å²) in [6.07, 6.45) is 2.66. The van der Waals surface area contributed by atoms with Crippen LogP contribution in [0.2, 0.25) is 0 Å². The third-order valence-electron chi connectivity index (χ3n) is 3.73. The van der Waals surface area contributed by atoms with Gasteiger partial charge in [0.05, 0.1) is 0 Å². The number of aryl methyl sites for hydroxylation is 1. The van der Waals surface area contributed by atoms with Crippen molar-refractivity contribution in [1.82, 2.24) is 10.2 Å². The third kappa shape index (κ3) is 3.81. The second kappa shape index (κ2) is 6.69. The van der Waals surface area contributed by atoms with Gasteiger partial charge in [0, 0.05) is 23.6 Å². The summed E-state index contributed by atoms with van der Waals surface area (Å²) < 4.78 is 1.22. The molecular weight excluding hydrogens is 288 g/mol. The monoisotopic (exact) mass is 310 g/mol. The van der Waals surface area contributed by atoms with Crippen molar-refractivity contribution in [2.24, 2.45) is 0 Å². The number of hydrogen-bond donors (Lipinski definition) is 1. The lowest BCUT2D eigenvalue weighted by molar-refractivity contribution is 0.253. The minimum Gasteiger partial charge on any atom is -0.313 e. The van der Waals surface area contributed by atoms with Crippen LogP contribution in [0.3, 0.4) is 0 Å². The van der Waals surface area contributed by atoms with Gasteiger partial charge in [-0.25, -0.2) is 0 Å². The maximum atomic E-state index is 3.62. The second-order valence-corrected chi connectivity index (χ2v) is 6.06. The van der Waals surface area contributed by atoms with Crippen molar-refractivity contribution in [3.63, 3.8) is 0 Å². The van der Waals surface area contributed by atoms with Gasteiger partial charge in [0.2, 0.25) is 0 Å². The molecule has 1 fully saturated rings. The summed E-state index contributed by atoms with van der Waals surface area (Å²) in [5, 5.41) is 3.58. The number of likely N-dealkylation sites (N-methyl/N-ethyl adjacent to an activating group) is 1. The first-order chi connectivity index (χ1) is 8.69. The van der Waals surface area contributed by atoms with Gasteiger partial charge in [0.25, 0.3) is 0 Å². The molecule has 2 nitrogen and oxygen atoms in total. The van der Waals surface area contributed by atoms with Crippen LogP contribution in [-0.4, -0.2) is 30.6 Å². The molecule has 1 heterocycles. The molecule has 100 valence electrons. The fourth-order valence-corrected chi connectivity index (χ4v) is 2.95. The average molecular weight is 311 g/mol. The van der Waals surface area contributed by atoms with Crippen molar-refractivity contribution < 1.29 is 0 Å². The normalized spacial score (nSPS) is 19.7. The van der Waals surface area contributed by atoms with E-state index in [9.17, 15) is 0 Å². The van der Waals surface area contributed by atoms with Crippen LogP contribution in [0.1, 0.15) is 30.9 Å². The van der Waals surface area contributed by atoms with Crippen LogP contribution in [0.5, 0.6) is 0 Å². The van der Waals surface area contributed by atoms with Crippen molar-refractivity contribution in [1.29, 1.82) is 0 Å². The molecule has 1 aliphatic rings. The zero-order valence-corrected chi connectivity index (χ0v) is 13.0. The lowest BCUT2D eigenvalue weighted by atomic mass is 10.1. The molecule has 1 atom stereocenters. The number of benzene rings is 1. The van der Waals surface area contributed by atoms with Gasteiger partial charge >= 0.3 is 0 Å². The number of rotatable bonds is 5. The molecule has 0 saturated carbocycles. The van der Waals surface area contributed by atoms with E-state index in [1.54, 1.807) is 0 Å². The third-order valence-corrected chi connectivity index (χ3v) is 4.58. The standard InChI is InChI=1S/C15H23BrN2/c1-3-18(11-14-5-4-8-17-14)10-13-7-6-12(2)15(16)9-13/h6-7,9,14,17H,3-5,8,10-11H2,1-2H3. The summed E-state index contributed by atoms with van der Waals surface area (Å²) in [5.74, 6) is 0. The highest BCUT2D eigenvalue weighted by molar-refractivity contribution is 9.10. The number of halogens is 1. The van der Waals surface area contributed by atoms with E-state index in [0.29, 0.717) is 6.04 Å². The molecule has 0 aliphatic carbocycles. The maximum Gasteiger partial charge on any atom is 0.0234 e. The van der Waals surface area contributed by atoms with Gasteiger partial charge in [-0.1, -0.05) is 35.0 Å². The summed E-state index contributed by atoms with van der Waals surface area (Å²) in [4.78, 5) is 2.53. The minimum absolute atomic E-state index is 0.693. The largest absolute Gasteiger partial charge is 0.313 e. The fourth-order valence-electron chi connectivity index (χ4n) is 2.52. The summed E-state index contributed by atoms with van der Waals surface area (Å²) in [7, 11) is 0. The molecule has 0 amide bonds. The summed E-state index contributed by atoms with van der Waals surface area (Å²) >= 11 is 3.62. The number of nitrogens with one attached hydrogen (secondary N) is 1. The van der Waals surface area contributed by atoms with Gasteiger partial charge in [-0.05, 0) is 50.0 Å². The Labute approximate surface area is 119 Å². The van der Waals surface area contributed by atoms with Crippen LogP contribution < -0.4 is 5.32 Å². The van der Waals surface area contributed by atoms with Crippen LogP contribution in [0, 0.1) is 6.92 Å². The Kier molecular flexibility index (Phi) is 5.22. The molecule has 0 radical (unpaired) electrons. The smallest absolute Gasteiger partial charge is 0.0234 e. The first-order valence-electron chi connectivity index (χ1n) is 6.90. The predicted molar refractivity (Wildman–Crippen MR) is 80.9 cm³/mol. The zero-order valence-electron chi connectivity index (χ0n) is 11.4. The van der Waals surface area contributed by atoms with Crippen molar-refractivity contribution in [2.45, 2.75) is 39.3 Å². The molecule has 3 heteroatoms. The molecule has 1 unspecified atom stereocenters. The van der Waals surface area contributed by atoms with E-state index in [1.165, 1.54) is 41.5 Å². The van der Waals surface area contributed by atoms with Gasteiger partial charge in [-0.2, -0.15) is 0 Å². The molecule has 18 heavy (non-hydrogen) atoms. The highest BCUT2D eigenvalue weighted by Gasteiger charge is 2.17. The second-order valence-electron chi connectivity index (χ2n) is 5.20. The van der Waals surface area contributed by atoms with Gasteiger partial charge in [0.1, 0.15) is 0 Å². The summed E-state index contributed by atoms with van der Waals surface area (Å²) in [6, 6.07) is 7.38. The Morgan fingerprint density at radius 3 is 2.89 bits per heavy atom. The lowest BCUT2D eigenvalue weighted by Crippen LogP contribution is -2.37. The van der Waals surface area contributed by atoms with Crippen molar-refractivity contribution in [3.05, 3.63) is 33.8 Å². The Hall–Kier alpha value is -0.380. The highest BCUT2D eigenvalue weighted by Crippen LogP contribution is 2.19. The van der Waals surface area contributed by atoms with E-state index in [0.717, 1.165) is 13.1 Å². The van der Waals surface area contributed by atoms with Gasteiger partial charge < -0.3 is 5.32 Å². The number of hydrogen-bond acceptors (Lipinski definition) is 2. The maximum absolute atomic E-state index is 3.62. The molecule has 1 aromatic rings. The Morgan fingerprint density at radius 1 is 1.44 bits per heavy atom. The quantitative estimate of drug-likeness (QED) is 0.897. The van der Waals surface area contributed by atoms with E-state index in [1.807, 2.05) is 0 Å². The molecule has 2 rings (SSSR count). The minimum atomic E-state index is 0.693. The van der Waals surface area contributed by atoms with E-state index < -0.39 is 0 Å². The zero-order chi connectivity index (χ0) is 13.0. The molecule has 0 bridgehead atoms. The first-order valence-corrected chi connectivity index (χ1v) is 7.69. The van der Waals surface area contributed by atoms with E-state index in [-0.39, 0.29) is 0 Å². The molecule has 1 aliphatic heterocycles. The van der Waals surface area contributed by atoms with Crippen LogP contribution >= 0.6 is 15.9 Å². The highest BCUT2D eigenvalue weighted by atomic mass is 79.9. The van der Waals surface area contributed by atoms with Crippen molar-refractivity contribution >= 4 is 15.9 Å². The van der Waals surface area contributed by atoms with Gasteiger partial charge in [-0.15, -0.1) is 0 Å². The first kappa shape index (κ1) is 14.0. The molecular formula is C15H23BrN2. The Balaban J connectivity index is 1.94. The van der Waals surface area contributed by atoms with Crippen LogP contribution in [0.15, 0.2) is 22.7 Å². The summed E-state index contributed by atoms with van der Waals surface area (Å²) in [6.45, 7) is 8.91. The van der Waals surface area contributed by atoms with Crippen molar-refractivity contribution in [3.8, 4) is 0 Å². The SMILES string of the molecule is CCN(Cc1ccc(C)c(Br)c1)CC1CCCN1. The van der Waals surface area contributed by atoms with Crippen LogP contribution in [0.25, 0.3) is 0 Å². The van der Waals surface area contributed by atoms with Crippen LogP contribution in [0.4, 0.5) is 0 Å². The fraction of sp³-hybridized carbons (Fsp3) is 0.600. The molecule has 1 aromatic carbocycles. The molecule has 1 N–H and O–H groups in total. The van der Waals surface area contributed by atoms with Crippen LogP contribution in [-0.2, 0) is 6.54 Å². The van der Waals surface area contributed by atoms with E-state index in [4.69, 9.17) is 0 Å². The van der Waals surface area contributed by atoms with Gasteiger partial charge in [-0.3, -0.25) is 4.90 Å². The Morgan fingerprint density at radius 2 is 2.28 bits per heavy atom. The average Bonchev–Trinajstić information content (AvgIpc) is 2.86. The van der Waals surface area contributed by atoms with Crippen molar-refractivity contribution in [2.75, 3.05) is 19.6 Å². The predicted octanol–water partition coefficient (Wildman–Crippen LogP) is 3.33. The molecule has 0 aromatic heterocycles. The van der Waals surface area contributed by atoms with Gasteiger partial charge in [0.15, 0.2) is 0 Å². The molecule has 1 saturated heterocycles. The lowest BCUT2D eigenvalue weighted by Gasteiger charge is -2.24. The molecule has 0 spiro atoms.